The summed E-state index contributed by atoms with van der Waals surface area (Å²) in [5, 5.41) is 6.66. The Labute approximate surface area is 151 Å². The van der Waals surface area contributed by atoms with Gasteiger partial charge in [-0.25, -0.2) is 9.89 Å². The Bertz CT molecular complexity index is 950. The van der Waals surface area contributed by atoms with Gasteiger partial charge in [-0.3, -0.25) is 4.79 Å². The molecule has 0 unspecified atom stereocenters. The van der Waals surface area contributed by atoms with E-state index in [9.17, 15) is 9.59 Å². The predicted octanol–water partition coefficient (Wildman–Crippen LogP) is 4.06. The van der Waals surface area contributed by atoms with Crippen LogP contribution in [0.5, 0.6) is 0 Å². The molecule has 26 heavy (non-hydrogen) atoms. The smallest absolute Gasteiger partial charge is 0.344 e. The van der Waals surface area contributed by atoms with E-state index in [2.05, 4.69) is 10.2 Å². The second-order valence-electron chi connectivity index (χ2n) is 6.01. The molecule has 3 rings (SSSR count). The van der Waals surface area contributed by atoms with E-state index in [1.165, 1.54) is 0 Å². The van der Waals surface area contributed by atoms with E-state index >= 15 is 0 Å². The minimum atomic E-state index is -0.640. The number of esters is 1. The highest BCUT2D eigenvalue weighted by molar-refractivity contribution is 6.00. The molecule has 0 aliphatic rings. The molecule has 1 aromatic heterocycles. The average Bonchev–Trinajstić information content (AvgIpc) is 2.68. The summed E-state index contributed by atoms with van der Waals surface area (Å²) in [4.78, 5) is 25.2. The van der Waals surface area contributed by atoms with E-state index in [0.29, 0.717) is 17.7 Å². The first kappa shape index (κ1) is 17.6. The molecule has 0 saturated carbocycles. The van der Waals surface area contributed by atoms with Crippen LogP contribution in [0.3, 0.4) is 0 Å². The minimum Gasteiger partial charge on any atom is -0.459 e. The lowest BCUT2D eigenvalue weighted by atomic mass is 9.95. The number of ether oxygens (including phenoxy) is 1. The number of nitrogens with zero attached hydrogens (tertiary/aromatic N) is 1. The molecule has 0 saturated heterocycles. The van der Waals surface area contributed by atoms with Crippen molar-refractivity contribution in [3.05, 3.63) is 76.6 Å². The van der Waals surface area contributed by atoms with Crippen LogP contribution >= 0.6 is 0 Å². The van der Waals surface area contributed by atoms with Crippen molar-refractivity contribution in [1.82, 2.24) is 10.2 Å². The van der Waals surface area contributed by atoms with Crippen LogP contribution in [-0.2, 0) is 4.74 Å². The van der Waals surface area contributed by atoms with Gasteiger partial charge in [-0.1, -0.05) is 67.6 Å². The van der Waals surface area contributed by atoms with Gasteiger partial charge in [0.05, 0.1) is 11.8 Å². The van der Waals surface area contributed by atoms with Gasteiger partial charge in [0.15, 0.2) is 0 Å². The van der Waals surface area contributed by atoms with Gasteiger partial charge >= 0.3 is 5.97 Å². The number of hydrogen-bond acceptors (Lipinski definition) is 4. The number of hydrogen-bond donors (Lipinski definition) is 1. The molecule has 0 aliphatic heterocycles. The highest BCUT2D eigenvalue weighted by Crippen LogP contribution is 2.31. The van der Waals surface area contributed by atoms with Crippen LogP contribution in [0.4, 0.5) is 0 Å². The van der Waals surface area contributed by atoms with Crippen molar-refractivity contribution in [3.63, 3.8) is 0 Å². The molecule has 0 bridgehead atoms. The van der Waals surface area contributed by atoms with Gasteiger partial charge in [0.2, 0.25) is 0 Å². The molecule has 0 radical (unpaired) electrons. The average molecular weight is 348 g/mol. The Balaban J connectivity index is 2.26. The van der Waals surface area contributed by atoms with Crippen molar-refractivity contribution >= 4 is 5.97 Å². The van der Waals surface area contributed by atoms with Crippen LogP contribution in [0.1, 0.15) is 30.6 Å². The van der Waals surface area contributed by atoms with Crippen LogP contribution in [-0.4, -0.2) is 22.3 Å². The van der Waals surface area contributed by atoms with Crippen LogP contribution < -0.4 is 5.56 Å². The molecule has 2 aromatic carbocycles. The zero-order valence-electron chi connectivity index (χ0n) is 14.7. The summed E-state index contributed by atoms with van der Waals surface area (Å²) < 4.78 is 5.43. The molecular weight excluding hydrogens is 328 g/mol. The van der Waals surface area contributed by atoms with Crippen LogP contribution in [0.2, 0.25) is 0 Å². The van der Waals surface area contributed by atoms with E-state index in [0.717, 1.165) is 11.1 Å². The second-order valence-corrected chi connectivity index (χ2v) is 6.01. The Morgan fingerprint density at radius 2 is 1.62 bits per heavy atom. The SMILES string of the molecule is CC[C@@H](C)OC(=O)c1c(-c2ccccc2)c(-c2ccccc2)n[nH]c1=O. The third-order valence-corrected chi connectivity index (χ3v) is 4.18. The third-order valence-electron chi connectivity index (χ3n) is 4.18. The number of carbonyl (C=O) groups excluding carboxylic acids is 1. The summed E-state index contributed by atoms with van der Waals surface area (Å²) in [6, 6.07) is 18.7. The zero-order chi connectivity index (χ0) is 18.5. The van der Waals surface area contributed by atoms with E-state index in [1.54, 1.807) is 6.92 Å². The summed E-state index contributed by atoms with van der Waals surface area (Å²) in [6.45, 7) is 3.72. The molecule has 1 atom stereocenters. The van der Waals surface area contributed by atoms with E-state index < -0.39 is 11.5 Å². The zero-order valence-corrected chi connectivity index (χ0v) is 14.7. The molecular formula is C21H20N2O3. The maximum absolute atomic E-state index is 12.7. The molecule has 132 valence electrons. The molecule has 1 heterocycles. The minimum absolute atomic E-state index is 0.0228. The van der Waals surface area contributed by atoms with Gasteiger partial charge in [-0.15, -0.1) is 0 Å². The highest BCUT2D eigenvalue weighted by Gasteiger charge is 2.25. The molecule has 0 aliphatic carbocycles. The monoisotopic (exact) mass is 348 g/mol. The lowest BCUT2D eigenvalue weighted by Gasteiger charge is -2.15. The number of rotatable bonds is 5. The largest absolute Gasteiger partial charge is 0.459 e. The molecule has 3 aromatic rings. The number of aromatic amines is 1. The van der Waals surface area contributed by atoms with Crippen LogP contribution in [0, 0.1) is 0 Å². The maximum atomic E-state index is 12.7. The van der Waals surface area contributed by atoms with Crippen molar-refractivity contribution in [1.29, 1.82) is 0 Å². The van der Waals surface area contributed by atoms with Crippen molar-refractivity contribution in [2.75, 3.05) is 0 Å². The number of H-pyrrole nitrogens is 1. The van der Waals surface area contributed by atoms with Crippen molar-refractivity contribution in [2.45, 2.75) is 26.4 Å². The van der Waals surface area contributed by atoms with Crippen molar-refractivity contribution in [2.24, 2.45) is 0 Å². The molecule has 0 amide bonds. The van der Waals surface area contributed by atoms with Gasteiger partial charge < -0.3 is 4.74 Å². The lowest BCUT2D eigenvalue weighted by molar-refractivity contribution is 0.0333. The number of nitrogens with one attached hydrogen (secondary N) is 1. The Hall–Kier alpha value is -3.21. The summed E-state index contributed by atoms with van der Waals surface area (Å²) in [7, 11) is 0. The van der Waals surface area contributed by atoms with Gasteiger partial charge in [-0.2, -0.15) is 5.10 Å². The predicted molar refractivity (Wildman–Crippen MR) is 101 cm³/mol. The first-order chi connectivity index (χ1) is 12.6. The van der Waals surface area contributed by atoms with Crippen molar-refractivity contribution < 1.29 is 9.53 Å². The molecule has 5 heteroatoms. The topological polar surface area (TPSA) is 72.0 Å². The fourth-order valence-corrected chi connectivity index (χ4v) is 2.66. The summed E-state index contributed by atoms with van der Waals surface area (Å²) >= 11 is 0. The van der Waals surface area contributed by atoms with Gasteiger partial charge in [0, 0.05) is 11.1 Å². The normalized spacial score (nSPS) is 11.8. The van der Waals surface area contributed by atoms with Gasteiger partial charge in [0.25, 0.3) is 5.56 Å². The van der Waals surface area contributed by atoms with Gasteiger partial charge in [-0.05, 0) is 18.9 Å². The number of carbonyl (C=O) groups is 1. The van der Waals surface area contributed by atoms with Gasteiger partial charge in [0.1, 0.15) is 5.56 Å². The third kappa shape index (κ3) is 3.57. The highest BCUT2D eigenvalue weighted by atomic mass is 16.5. The quantitative estimate of drug-likeness (QED) is 0.706. The molecule has 0 spiro atoms. The lowest BCUT2D eigenvalue weighted by Crippen LogP contribution is -2.25. The first-order valence-electron chi connectivity index (χ1n) is 8.56. The standard InChI is InChI=1S/C21H20N2O3/c1-3-14(2)26-21(25)18-17(15-10-6-4-7-11-15)19(22-23-20(18)24)16-12-8-5-9-13-16/h4-14H,3H2,1-2H3,(H,23,24)/t14-/m1/s1. The Kier molecular flexibility index (Phi) is 5.27. The maximum Gasteiger partial charge on any atom is 0.344 e. The van der Waals surface area contributed by atoms with Crippen LogP contribution in [0.25, 0.3) is 22.4 Å². The molecule has 0 fully saturated rings. The van der Waals surface area contributed by atoms with Crippen LogP contribution in [0.15, 0.2) is 65.5 Å². The van der Waals surface area contributed by atoms with E-state index in [1.807, 2.05) is 67.6 Å². The first-order valence-corrected chi connectivity index (χ1v) is 8.56. The summed E-state index contributed by atoms with van der Waals surface area (Å²) in [5.41, 5.74) is 1.98. The fraction of sp³-hybridized carbons (Fsp3) is 0.190. The van der Waals surface area contributed by atoms with E-state index in [4.69, 9.17) is 4.74 Å². The number of aromatic nitrogens is 2. The van der Waals surface area contributed by atoms with E-state index in [-0.39, 0.29) is 11.7 Å². The summed E-state index contributed by atoms with van der Waals surface area (Å²) in [5.74, 6) is -0.640. The second kappa shape index (κ2) is 7.78. The molecule has 5 nitrogen and oxygen atoms in total. The summed E-state index contributed by atoms with van der Waals surface area (Å²) in [6.07, 6.45) is 0.389. The fourth-order valence-electron chi connectivity index (χ4n) is 2.66. The molecule has 1 N–H and O–H groups in total. The Morgan fingerprint density at radius 1 is 1.04 bits per heavy atom. The van der Waals surface area contributed by atoms with Crippen molar-refractivity contribution in [3.8, 4) is 22.4 Å². The Morgan fingerprint density at radius 3 is 2.19 bits per heavy atom. The number of benzene rings is 2.